The Morgan fingerprint density at radius 1 is 1.41 bits per heavy atom. The Bertz CT molecular complexity index is 398. The Kier molecular flexibility index (Phi) is 3.20. The number of likely N-dealkylation sites (tertiary alicyclic amines) is 1. The van der Waals surface area contributed by atoms with Gasteiger partial charge in [-0.2, -0.15) is 0 Å². The number of nitrogens with one attached hydrogen (secondary N) is 1. The topological polar surface area (TPSA) is 32.3 Å². The van der Waals surface area contributed by atoms with Crippen LogP contribution in [-0.4, -0.2) is 30.9 Å². The van der Waals surface area contributed by atoms with Gasteiger partial charge in [0, 0.05) is 5.70 Å². The van der Waals surface area contributed by atoms with Crippen molar-refractivity contribution in [3.05, 3.63) is 36.1 Å². The second-order valence-electron chi connectivity index (χ2n) is 4.87. The molecule has 0 aromatic heterocycles. The zero-order valence-corrected chi connectivity index (χ0v) is 10.6. The van der Waals surface area contributed by atoms with Crippen molar-refractivity contribution in [2.75, 3.05) is 20.1 Å². The molecule has 17 heavy (non-hydrogen) atoms. The summed E-state index contributed by atoms with van der Waals surface area (Å²) in [6, 6.07) is 0. The van der Waals surface area contributed by atoms with Crippen LogP contribution in [0.25, 0.3) is 0 Å². The highest BCUT2D eigenvalue weighted by Crippen LogP contribution is 2.44. The number of piperidine rings is 1. The third kappa shape index (κ3) is 1.84. The number of carbonyl (C=O) groups is 1. The van der Waals surface area contributed by atoms with Crippen LogP contribution in [0.1, 0.15) is 19.8 Å². The molecule has 0 unspecified atom stereocenters. The van der Waals surface area contributed by atoms with Crippen molar-refractivity contribution in [2.24, 2.45) is 5.41 Å². The van der Waals surface area contributed by atoms with E-state index in [0.717, 1.165) is 37.2 Å². The summed E-state index contributed by atoms with van der Waals surface area (Å²) in [7, 11) is 2.10. The molecule has 3 nitrogen and oxygen atoms in total. The first-order chi connectivity index (χ1) is 8.14. The zero-order chi connectivity index (χ0) is 12.5. The molecule has 0 saturated carbocycles. The third-order valence-electron chi connectivity index (χ3n) is 3.87. The fraction of sp³-hybridized carbons (Fsp3) is 0.500. The van der Waals surface area contributed by atoms with Gasteiger partial charge >= 0.3 is 0 Å². The van der Waals surface area contributed by atoms with Crippen LogP contribution in [0.15, 0.2) is 36.1 Å². The fourth-order valence-corrected chi connectivity index (χ4v) is 2.79. The molecule has 2 aliphatic rings. The van der Waals surface area contributed by atoms with Crippen LogP contribution >= 0.6 is 0 Å². The predicted octanol–water partition coefficient (Wildman–Crippen LogP) is 1.84. The van der Waals surface area contributed by atoms with E-state index in [1.807, 2.05) is 25.2 Å². The molecule has 92 valence electrons. The van der Waals surface area contributed by atoms with E-state index < -0.39 is 0 Å². The Balaban J connectivity index is 2.38. The molecule has 0 bridgehead atoms. The van der Waals surface area contributed by atoms with E-state index in [0.29, 0.717) is 0 Å². The smallest absolute Gasteiger partial charge is 0.235 e. The van der Waals surface area contributed by atoms with Gasteiger partial charge in [-0.25, -0.2) is 0 Å². The lowest BCUT2D eigenvalue weighted by Gasteiger charge is -2.36. The van der Waals surface area contributed by atoms with Gasteiger partial charge in [0.05, 0.1) is 5.41 Å². The Hall–Kier alpha value is -1.35. The highest BCUT2D eigenvalue weighted by Gasteiger charge is 2.47. The largest absolute Gasteiger partial charge is 0.325 e. The molecule has 0 atom stereocenters. The highest BCUT2D eigenvalue weighted by molar-refractivity contribution is 5.93. The van der Waals surface area contributed by atoms with Crippen molar-refractivity contribution in [1.82, 2.24) is 10.2 Å². The zero-order valence-electron chi connectivity index (χ0n) is 10.6. The molecule has 1 fully saturated rings. The van der Waals surface area contributed by atoms with Gasteiger partial charge in [0.25, 0.3) is 0 Å². The molecule has 1 saturated heterocycles. The Labute approximate surface area is 103 Å². The van der Waals surface area contributed by atoms with Crippen molar-refractivity contribution >= 4 is 5.91 Å². The first kappa shape index (κ1) is 12.1. The Morgan fingerprint density at radius 3 is 2.59 bits per heavy atom. The van der Waals surface area contributed by atoms with Crippen molar-refractivity contribution in [1.29, 1.82) is 0 Å². The summed E-state index contributed by atoms with van der Waals surface area (Å²) in [6.07, 6.45) is 7.53. The minimum Gasteiger partial charge on any atom is -0.325 e. The van der Waals surface area contributed by atoms with Crippen LogP contribution in [0.3, 0.4) is 0 Å². The lowest BCUT2D eigenvalue weighted by molar-refractivity contribution is -0.128. The van der Waals surface area contributed by atoms with Crippen LogP contribution in [-0.2, 0) is 4.79 Å². The van der Waals surface area contributed by atoms with Gasteiger partial charge in [-0.3, -0.25) is 4.79 Å². The average Bonchev–Trinajstić information content (AvgIpc) is 2.56. The maximum absolute atomic E-state index is 12.3. The normalized spacial score (nSPS) is 24.7. The van der Waals surface area contributed by atoms with Crippen LogP contribution in [0.5, 0.6) is 0 Å². The van der Waals surface area contributed by atoms with E-state index in [9.17, 15) is 4.79 Å². The Morgan fingerprint density at radius 2 is 2.06 bits per heavy atom. The second kappa shape index (κ2) is 4.49. The van der Waals surface area contributed by atoms with E-state index in [1.165, 1.54) is 0 Å². The number of hydrogen-bond acceptors (Lipinski definition) is 2. The van der Waals surface area contributed by atoms with E-state index in [2.05, 4.69) is 23.8 Å². The molecule has 0 aliphatic carbocycles. The molecule has 0 aromatic rings. The van der Waals surface area contributed by atoms with Crippen molar-refractivity contribution in [3.8, 4) is 0 Å². The molecule has 1 N–H and O–H groups in total. The van der Waals surface area contributed by atoms with Gasteiger partial charge in [-0.05, 0) is 51.6 Å². The fourth-order valence-electron chi connectivity index (χ4n) is 2.79. The number of hydrogen-bond donors (Lipinski definition) is 1. The summed E-state index contributed by atoms with van der Waals surface area (Å²) >= 11 is 0. The van der Waals surface area contributed by atoms with Crippen LogP contribution < -0.4 is 5.32 Å². The molecule has 3 heteroatoms. The number of nitrogens with zero attached hydrogens (tertiary/aromatic N) is 1. The molecule has 1 spiro atoms. The van der Waals surface area contributed by atoms with Gasteiger partial charge in [-0.15, -0.1) is 0 Å². The van der Waals surface area contributed by atoms with Crippen LogP contribution in [0.4, 0.5) is 0 Å². The lowest BCUT2D eigenvalue weighted by atomic mass is 9.73. The van der Waals surface area contributed by atoms with Crippen LogP contribution in [0, 0.1) is 5.41 Å². The first-order valence-electron chi connectivity index (χ1n) is 6.14. The minimum atomic E-state index is -0.330. The number of rotatable bonds is 2. The second-order valence-corrected chi connectivity index (χ2v) is 4.87. The SMILES string of the molecule is C=CC1=C(/C=C\C)NC(=O)C12CCN(C)CC2. The van der Waals surface area contributed by atoms with Gasteiger partial charge < -0.3 is 10.2 Å². The third-order valence-corrected chi connectivity index (χ3v) is 3.87. The van der Waals surface area contributed by atoms with Crippen LogP contribution in [0.2, 0.25) is 0 Å². The standard InChI is InChI=1S/C14H20N2O/c1-4-6-12-11(5-2)14(13(17)15-12)7-9-16(3)10-8-14/h4-6H,2,7-10H2,1,3H3,(H,15,17)/b6-4-. The summed E-state index contributed by atoms with van der Waals surface area (Å²) in [5, 5.41) is 3.00. The number of carbonyl (C=O) groups excluding carboxylic acids is 1. The van der Waals surface area contributed by atoms with Crippen molar-refractivity contribution in [3.63, 3.8) is 0 Å². The minimum absolute atomic E-state index is 0.147. The summed E-state index contributed by atoms with van der Waals surface area (Å²) in [6.45, 7) is 7.77. The number of allylic oxidation sites excluding steroid dienone is 3. The number of amides is 1. The summed E-state index contributed by atoms with van der Waals surface area (Å²) in [5.41, 5.74) is 1.68. The van der Waals surface area contributed by atoms with Gasteiger partial charge in [0.2, 0.25) is 5.91 Å². The molecular formula is C14H20N2O. The van der Waals surface area contributed by atoms with E-state index >= 15 is 0 Å². The van der Waals surface area contributed by atoms with E-state index in [4.69, 9.17) is 0 Å². The lowest BCUT2D eigenvalue weighted by Crippen LogP contribution is -2.44. The average molecular weight is 232 g/mol. The predicted molar refractivity (Wildman–Crippen MR) is 69.3 cm³/mol. The molecule has 2 rings (SSSR count). The molecular weight excluding hydrogens is 212 g/mol. The first-order valence-corrected chi connectivity index (χ1v) is 6.14. The molecule has 0 aromatic carbocycles. The van der Waals surface area contributed by atoms with E-state index in [-0.39, 0.29) is 11.3 Å². The molecule has 2 aliphatic heterocycles. The molecule has 0 radical (unpaired) electrons. The summed E-state index contributed by atoms with van der Waals surface area (Å²) in [5.74, 6) is 0.147. The molecule has 1 amide bonds. The summed E-state index contributed by atoms with van der Waals surface area (Å²) < 4.78 is 0. The monoisotopic (exact) mass is 232 g/mol. The maximum atomic E-state index is 12.3. The molecule has 2 heterocycles. The van der Waals surface area contributed by atoms with Crippen molar-refractivity contribution < 1.29 is 4.79 Å². The quantitative estimate of drug-likeness (QED) is 0.788. The van der Waals surface area contributed by atoms with E-state index in [1.54, 1.807) is 0 Å². The van der Waals surface area contributed by atoms with Crippen molar-refractivity contribution in [2.45, 2.75) is 19.8 Å². The maximum Gasteiger partial charge on any atom is 0.235 e. The highest BCUT2D eigenvalue weighted by atomic mass is 16.2. The van der Waals surface area contributed by atoms with Gasteiger partial charge in [0.15, 0.2) is 0 Å². The summed E-state index contributed by atoms with van der Waals surface area (Å²) in [4.78, 5) is 14.5. The van der Waals surface area contributed by atoms with Gasteiger partial charge in [0.1, 0.15) is 0 Å². The van der Waals surface area contributed by atoms with Gasteiger partial charge in [-0.1, -0.05) is 18.7 Å².